The molecule has 0 aliphatic heterocycles. The van der Waals surface area contributed by atoms with Gasteiger partial charge in [-0.3, -0.25) is 9.48 Å². The largest absolute Gasteiger partial charge is 0.463 e. The van der Waals surface area contributed by atoms with Crippen LogP contribution in [0.25, 0.3) is 0 Å². The fourth-order valence-electron chi connectivity index (χ4n) is 1.65. The molecule has 1 heterocycles. The van der Waals surface area contributed by atoms with E-state index in [2.05, 4.69) is 31.1 Å². The molecule has 1 amide bonds. The summed E-state index contributed by atoms with van der Waals surface area (Å²) in [6.45, 7) is 4.27. The van der Waals surface area contributed by atoms with E-state index < -0.39 is 30.3 Å². The maximum Gasteiger partial charge on any atom is 0.436 e. The first-order valence-corrected chi connectivity index (χ1v) is 7.30. The van der Waals surface area contributed by atoms with Gasteiger partial charge in [-0.1, -0.05) is 0 Å². The molecule has 0 radical (unpaired) electrons. The number of alkyl halides is 3. The Morgan fingerprint density at radius 3 is 2.52 bits per heavy atom. The number of esters is 1. The standard InChI is InChI=1S/C13H15BrF3N3O3/c1-4-23-10(22)5-7(2)18-9(21)6-20-8(3)11(14)12(19-20)13(15,16)17/h5H,4,6H2,1-3H3,(H,18,21)/b7-5+. The van der Waals surface area contributed by atoms with E-state index in [0.29, 0.717) is 0 Å². The maximum atomic E-state index is 12.7. The molecule has 0 aliphatic rings. The Hall–Kier alpha value is -1.84. The predicted octanol–water partition coefficient (Wildman–Crippen LogP) is 2.56. The highest BCUT2D eigenvalue weighted by atomic mass is 79.9. The average molecular weight is 398 g/mol. The molecule has 0 saturated heterocycles. The van der Waals surface area contributed by atoms with E-state index in [1.165, 1.54) is 13.8 Å². The predicted molar refractivity (Wildman–Crippen MR) is 78.2 cm³/mol. The highest BCUT2D eigenvalue weighted by Gasteiger charge is 2.38. The van der Waals surface area contributed by atoms with Crippen molar-refractivity contribution in [3.05, 3.63) is 27.6 Å². The number of carbonyl (C=O) groups excluding carboxylic acids is 2. The van der Waals surface area contributed by atoms with Crippen LogP contribution in [0.1, 0.15) is 25.2 Å². The number of nitrogens with one attached hydrogen (secondary N) is 1. The Kier molecular flexibility index (Phi) is 6.37. The molecule has 0 spiro atoms. The van der Waals surface area contributed by atoms with Gasteiger partial charge in [-0.2, -0.15) is 18.3 Å². The summed E-state index contributed by atoms with van der Waals surface area (Å²) in [5, 5.41) is 5.77. The zero-order valence-corrected chi connectivity index (χ0v) is 14.2. The van der Waals surface area contributed by atoms with Crippen LogP contribution in [0.2, 0.25) is 0 Å². The monoisotopic (exact) mass is 397 g/mol. The number of nitrogens with zero attached hydrogens (tertiary/aromatic N) is 2. The van der Waals surface area contributed by atoms with Crippen LogP contribution in [0.15, 0.2) is 16.2 Å². The summed E-state index contributed by atoms with van der Waals surface area (Å²) in [5.41, 5.74) is -0.713. The molecular weight excluding hydrogens is 383 g/mol. The van der Waals surface area contributed by atoms with E-state index in [-0.39, 0.29) is 22.5 Å². The lowest BCUT2D eigenvalue weighted by molar-refractivity contribution is -0.142. The van der Waals surface area contributed by atoms with Gasteiger partial charge < -0.3 is 10.1 Å². The van der Waals surface area contributed by atoms with Crippen LogP contribution in [-0.4, -0.2) is 28.3 Å². The third kappa shape index (κ3) is 5.38. The van der Waals surface area contributed by atoms with Gasteiger partial charge in [-0.15, -0.1) is 0 Å². The topological polar surface area (TPSA) is 73.2 Å². The lowest BCUT2D eigenvalue weighted by atomic mass is 10.3. The first kappa shape index (κ1) is 19.2. The number of amides is 1. The van der Waals surface area contributed by atoms with Crippen molar-refractivity contribution in [1.82, 2.24) is 15.1 Å². The molecule has 1 aromatic rings. The minimum Gasteiger partial charge on any atom is -0.463 e. The number of ether oxygens (including phenoxy) is 1. The molecule has 6 nitrogen and oxygen atoms in total. The molecule has 1 aromatic heterocycles. The van der Waals surface area contributed by atoms with Crippen LogP contribution in [-0.2, 0) is 27.0 Å². The number of rotatable bonds is 5. The molecule has 0 bridgehead atoms. The van der Waals surface area contributed by atoms with Crippen molar-refractivity contribution in [2.75, 3.05) is 6.61 Å². The van der Waals surface area contributed by atoms with Gasteiger partial charge in [0.15, 0.2) is 5.69 Å². The van der Waals surface area contributed by atoms with Crippen LogP contribution in [0.3, 0.4) is 0 Å². The maximum absolute atomic E-state index is 12.7. The highest BCUT2D eigenvalue weighted by molar-refractivity contribution is 9.10. The molecule has 0 aliphatic carbocycles. The first-order valence-electron chi connectivity index (χ1n) is 6.51. The Labute approximate surface area is 138 Å². The summed E-state index contributed by atoms with van der Waals surface area (Å²) >= 11 is 2.82. The Morgan fingerprint density at radius 2 is 2.04 bits per heavy atom. The van der Waals surface area contributed by atoms with Gasteiger partial charge in [0.25, 0.3) is 0 Å². The third-order valence-corrected chi connectivity index (χ3v) is 3.60. The number of halogens is 4. The van der Waals surface area contributed by atoms with Crippen molar-refractivity contribution in [2.24, 2.45) is 0 Å². The number of hydrogen-bond donors (Lipinski definition) is 1. The molecule has 1 N–H and O–H groups in total. The molecular formula is C13H15BrF3N3O3. The second-order valence-electron chi connectivity index (χ2n) is 4.53. The Bertz CT molecular complexity index is 638. The van der Waals surface area contributed by atoms with Gasteiger partial charge >= 0.3 is 12.1 Å². The Morgan fingerprint density at radius 1 is 1.43 bits per heavy atom. The van der Waals surface area contributed by atoms with Gasteiger partial charge in [0.1, 0.15) is 6.54 Å². The minimum atomic E-state index is -4.62. The molecule has 0 saturated carbocycles. The van der Waals surface area contributed by atoms with Crippen molar-refractivity contribution in [3.63, 3.8) is 0 Å². The van der Waals surface area contributed by atoms with Crippen molar-refractivity contribution in [2.45, 2.75) is 33.5 Å². The summed E-state index contributed by atoms with van der Waals surface area (Å²) in [7, 11) is 0. The molecule has 0 aromatic carbocycles. The molecule has 23 heavy (non-hydrogen) atoms. The lowest BCUT2D eigenvalue weighted by Crippen LogP contribution is -2.27. The van der Waals surface area contributed by atoms with Crippen molar-refractivity contribution in [3.8, 4) is 0 Å². The average Bonchev–Trinajstić information content (AvgIpc) is 2.66. The van der Waals surface area contributed by atoms with E-state index in [1.807, 2.05) is 0 Å². The highest BCUT2D eigenvalue weighted by Crippen LogP contribution is 2.35. The molecule has 0 unspecified atom stereocenters. The summed E-state index contributed by atoms with van der Waals surface area (Å²) < 4.78 is 43.6. The van der Waals surface area contributed by atoms with Crippen molar-refractivity contribution < 1.29 is 27.5 Å². The molecule has 1 rings (SSSR count). The number of hydrogen-bond acceptors (Lipinski definition) is 4. The summed E-state index contributed by atoms with van der Waals surface area (Å²) in [4.78, 5) is 23.0. The van der Waals surface area contributed by atoms with E-state index >= 15 is 0 Å². The van der Waals surface area contributed by atoms with Crippen LogP contribution in [0, 0.1) is 6.92 Å². The fraction of sp³-hybridized carbons (Fsp3) is 0.462. The third-order valence-electron chi connectivity index (χ3n) is 2.65. The Balaban J connectivity index is 2.81. The van der Waals surface area contributed by atoms with Gasteiger partial charge in [-0.05, 0) is 36.7 Å². The van der Waals surface area contributed by atoms with Gasteiger partial charge in [0.2, 0.25) is 5.91 Å². The number of carbonyl (C=O) groups is 2. The zero-order chi connectivity index (χ0) is 17.8. The number of allylic oxidation sites excluding steroid dienone is 1. The van der Waals surface area contributed by atoms with E-state index in [4.69, 9.17) is 0 Å². The van der Waals surface area contributed by atoms with Crippen LogP contribution >= 0.6 is 15.9 Å². The number of aromatic nitrogens is 2. The smallest absolute Gasteiger partial charge is 0.436 e. The SMILES string of the molecule is CCOC(=O)/C=C(\C)NC(=O)Cn1nc(C(F)(F)F)c(Br)c1C. The van der Waals surface area contributed by atoms with Gasteiger partial charge in [0, 0.05) is 11.8 Å². The second kappa shape index (κ2) is 7.62. The van der Waals surface area contributed by atoms with Crippen molar-refractivity contribution >= 4 is 27.8 Å². The summed E-state index contributed by atoms with van der Waals surface area (Å²) in [6.07, 6.45) is -3.54. The van der Waals surface area contributed by atoms with Gasteiger partial charge in [-0.25, -0.2) is 4.79 Å². The van der Waals surface area contributed by atoms with Crippen LogP contribution in [0.5, 0.6) is 0 Å². The van der Waals surface area contributed by atoms with E-state index in [0.717, 1.165) is 10.8 Å². The molecule has 0 atom stereocenters. The second-order valence-corrected chi connectivity index (χ2v) is 5.32. The van der Waals surface area contributed by atoms with Crippen LogP contribution < -0.4 is 5.32 Å². The molecule has 10 heteroatoms. The zero-order valence-electron chi connectivity index (χ0n) is 12.6. The van der Waals surface area contributed by atoms with Crippen molar-refractivity contribution in [1.29, 1.82) is 0 Å². The van der Waals surface area contributed by atoms with Gasteiger partial charge in [0.05, 0.1) is 16.8 Å². The normalized spacial score (nSPS) is 12.2. The molecule has 128 valence electrons. The van der Waals surface area contributed by atoms with Crippen LogP contribution in [0.4, 0.5) is 13.2 Å². The van der Waals surface area contributed by atoms with E-state index in [1.54, 1.807) is 6.92 Å². The summed E-state index contributed by atoms with van der Waals surface area (Å²) in [6, 6.07) is 0. The lowest BCUT2D eigenvalue weighted by Gasteiger charge is -2.07. The molecule has 0 fully saturated rings. The quantitative estimate of drug-likeness (QED) is 0.611. The first-order chi connectivity index (χ1) is 10.6. The fourth-order valence-corrected chi connectivity index (χ4v) is 2.16. The summed E-state index contributed by atoms with van der Waals surface area (Å²) in [5.74, 6) is -1.24. The minimum absolute atomic E-state index is 0.166. The van der Waals surface area contributed by atoms with E-state index in [9.17, 15) is 22.8 Å².